The fraction of sp³-hybridized carbons (Fsp3) is 0.143. The molecule has 0 aliphatic heterocycles. The fourth-order valence-corrected chi connectivity index (χ4v) is 2.81. The van der Waals surface area contributed by atoms with Gasteiger partial charge in [0.1, 0.15) is 11.1 Å². The number of amides is 1. The van der Waals surface area contributed by atoms with Crippen LogP contribution >= 0.6 is 0 Å². The van der Waals surface area contributed by atoms with Gasteiger partial charge in [0, 0.05) is 22.6 Å². The minimum atomic E-state index is -0.557. The third-order valence-corrected chi connectivity index (χ3v) is 4.10. The predicted octanol–water partition coefficient (Wildman–Crippen LogP) is 3.65. The lowest BCUT2D eigenvalue weighted by Crippen LogP contribution is -2.30. The molecular weight excluding hydrogens is 358 g/mol. The van der Waals surface area contributed by atoms with Gasteiger partial charge >= 0.3 is 5.63 Å². The van der Waals surface area contributed by atoms with Gasteiger partial charge in [-0.2, -0.15) is 4.98 Å². The van der Waals surface area contributed by atoms with Crippen molar-refractivity contribution in [1.29, 1.82) is 0 Å². The van der Waals surface area contributed by atoms with E-state index in [0.29, 0.717) is 16.7 Å². The minimum Gasteiger partial charge on any atom is -0.422 e. The molecule has 7 nitrogen and oxygen atoms in total. The van der Waals surface area contributed by atoms with E-state index in [4.69, 9.17) is 8.94 Å². The fourth-order valence-electron chi connectivity index (χ4n) is 2.81. The average molecular weight is 375 g/mol. The first kappa shape index (κ1) is 17.7. The summed E-state index contributed by atoms with van der Waals surface area (Å²) in [5.41, 5.74) is 1.21. The molecule has 0 bridgehead atoms. The molecule has 0 atom stereocenters. The van der Waals surface area contributed by atoms with E-state index in [1.165, 1.54) is 0 Å². The van der Waals surface area contributed by atoms with Gasteiger partial charge in [-0.15, -0.1) is 0 Å². The molecule has 2 heterocycles. The van der Waals surface area contributed by atoms with Crippen molar-refractivity contribution in [2.45, 2.75) is 19.9 Å². The number of carbonyl (C=O) groups excluding carboxylic acids is 1. The Morgan fingerprint density at radius 3 is 2.71 bits per heavy atom. The van der Waals surface area contributed by atoms with Gasteiger partial charge in [0.05, 0.1) is 0 Å². The second kappa shape index (κ2) is 7.11. The van der Waals surface area contributed by atoms with E-state index in [1.807, 2.05) is 26.0 Å². The quantitative estimate of drug-likeness (QED) is 0.547. The summed E-state index contributed by atoms with van der Waals surface area (Å²) in [5, 5.41) is 7.54. The van der Waals surface area contributed by atoms with Crippen LogP contribution in [0.15, 0.2) is 68.3 Å². The van der Waals surface area contributed by atoms with Crippen molar-refractivity contribution >= 4 is 16.9 Å². The minimum absolute atomic E-state index is 0.0278. The molecule has 140 valence electrons. The van der Waals surface area contributed by atoms with Crippen LogP contribution in [0.2, 0.25) is 0 Å². The van der Waals surface area contributed by atoms with Crippen LogP contribution in [0.4, 0.5) is 0 Å². The molecule has 0 aliphatic carbocycles. The van der Waals surface area contributed by atoms with Crippen LogP contribution in [0.5, 0.6) is 0 Å². The van der Waals surface area contributed by atoms with E-state index >= 15 is 0 Å². The van der Waals surface area contributed by atoms with Gasteiger partial charge in [-0.05, 0) is 38.1 Å². The molecule has 0 radical (unpaired) electrons. The summed E-state index contributed by atoms with van der Waals surface area (Å²) < 4.78 is 10.6. The maximum Gasteiger partial charge on any atom is 0.349 e. The number of fused-ring (bicyclic) bond motifs is 1. The lowest BCUT2D eigenvalue weighted by molar-refractivity contribution is 0.0943. The zero-order chi connectivity index (χ0) is 19.7. The molecule has 1 amide bonds. The van der Waals surface area contributed by atoms with Crippen LogP contribution in [0.3, 0.4) is 0 Å². The van der Waals surface area contributed by atoms with Crippen LogP contribution in [0.25, 0.3) is 33.8 Å². The van der Waals surface area contributed by atoms with Crippen molar-refractivity contribution in [3.8, 4) is 22.8 Å². The van der Waals surface area contributed by atoms with Crippen molar-refractivity contribution in [3.05, 3.63) is 70.6 Å². The van der Waals surface area contributed by atoms with Gasteiger partial charge in [0.25, 0.3) is 11.8 Å². The third-order valence-electron chi connectivity index (χ3n) is 4.10. The number of nitrogens with one attached hydrogen (secondary N) is 1. The normalized spacial score (nSPS) is 11.1. The molecule has 2 aromatic carbocycles. The van der Waals surface area contributed by atoms with Gasteiger partial charge in [0.15, 0.2) is 0 Å². The number of benzene rings is 2. The van der Waals surface area contributed by atoms with Crippen molar-refractivity contribution in [1.82, 2.24) is 15.5 Å². The zero-order valence-electron chi connectivity index (χ0n) is 15.3. The highest BCUT2D eigenvalue weighted by molar-refractivity contribution is 5.95. The smallest absolute Gasteiger partial charge is 0.349 e. The molecule has 4 rings (SSSR count). The lowest BCUT2D eigenvalue weighted by Gasteiger charge is -2.08. The Hall–Kier alpha value is -3.74. The number of hydrogen-bond donors (Lipinski definition) is 1. The Labute approximate surface area is 160 Å². The highest BCUT2D eigenvalue weighted by atomic mass is 16.5. The number of hydrogen-bond acceptors (Lipinski definition) is 6. The maximum atomic E-state index is 12.3. The van der Waals surface area contributed by atoms with Gasteiger partial charge in [-0.3, -0.25) is 4.79 Å². The monoisotopic (exact) mass is 375 g/mol. The molecule has 2 aromatic heterocycles. The molecule has 0 fully saturated rings. The summed E-state index contributed by atoms with van der Waals surface area (Å²) in [5.74, 6) is 0.157. The van der Waals surface area contributed by atoms with E-state index in [2.05, 4.69) is 15.5 Å². The van der Waals surface area contributed by atoms with Crippen LogP contribution in [0.1, 0.15) is 24.2 Å². The summed E-state index contributed by atoms with van der Waals surface area (Å²) >= 11 is 0. The summed E-state index contributed by atoms with van der Waals surface area (Å²) in [6.45, 7) is 3.78. The van der Waals surface area contributed by atoms with Gasteiger partial charge < -0.3 is 14.3 Å². The van der Waals surface area contributed by atoms with Crippen molar-refractivity contribution in [3.63, 3.8) is 0 Å². The SMILES string of the molecule is CC(C)NC(=O)c1cccc(-c2noc(-c3cc4ccccc4oc3=O)n2)c1. The highest BCUT2D eigenvalue weighted by Crippen LogP contribution is 2.23. The number of rotatable bonds is 4. The number of para-hydroxylation sites is 1. The number of aromatic nitrogens is 2. The molecule has 1 N–H and O–H groups in total. The molecule has 0 saturated carbocycles. The summed E-state index contributed by atoms with van der Waals surface area (Å²) in [7, 11) is 0. The summed E-state index contributed by atoms with van der Waals surface area (Å²) in [4.78, 5) is 28.8. The first-order valence-corrected chi connectivity index (χ1v) is 8.79. The average Bonchev–Trinajstić information content (AvgIpc) is 3.17. The molecule has 4 aromatic rings. The second-order valence-electron chi connectivity index (χ2n) is 6.62. The summed E-state index contributed by atoms with van der Waals surface area (Å²) in [6.07, 6.45) is 0. The Kier molecular flexibility index (Phi) is 4.49. The molecule has 0 aliphatic rings. The van der Waals surface area contributed by atoms with E-state index in [-0.39, 0.29) is 29.2 Å². The van der Waals surface area contributed by atoms with Gasteiger partial charge in [-0.25, -0.2) is 4.79 Å². The highest BCUT2D eigenvalue weighted by Gasteiger charge is 2.17. The van der Waals surface area contributed by atoms with E-state index in [9.17, 15) is 9.59 Å². The Morgan fingerprint density at radius 1 is 1.07 bits per heavy atom. The topological polar surface area (TPSA) is 98.2 Å². The molecule has 0 spiro atoms. The van der Waals surface area contributed by atoms with E-state index < -0.39 is 5.63 Å². The third kappa shape index (κ3) is 3.42. The Morgan fingerprint density at radius 2 is 1.89 bits per heavy atom. The largest absolute Gasteiger partial charge is 0.422 e. The maximum absolute atomic E-state index is 12.3. The second-order valence-corrected chi connectivity index (χ2v) is 6.62. The van der Waals surface area contributed by atoms with Crippen molar-refractivity contribution in [2.24, 2.45) is 0 Å². The lowest BCUT2D eigenvalue weighted by atomic mass is 10.1. The number of carbonyl (C=O) groups is 1. The van der Waals surface area contributed by atoms with Gasteiger partial charge in [-0.1, -0.05) is 35.5 Å². The van der Waals surface area contributed by atoms with Crippen molar-refractivity contribution < 1.29 is 13.7 Å². The van der Waals surface area contributed by atoms with E-state index in [0.717, 1.165) is 5.39 Å². The van der Waals surface area contributed by atoms with Crippen LogP contribution in [0, 0.1) is 0 Å². The molecular formula is C21H17N3O4. The zero-order valence-corrected chi connectivity index (χ0v) is 15.3. The first-order valence-electron chi connectivity index (χ1n) is 8.79. The molecule has 28 heavy (non-hydrogen) atoms. The summed E-state index contributed by atoms with van der Waals surface area (Å²) in [6, 6.07) is 15.8. The predicted molar refractivity (Wildman–Crippen MR) is 104 cm³/mol. The molecule has 0 unspecified atom stereocenters. The van der Waals surface area contributed by atoms with Gasteiger partial charge in [0.2, 0.25) is 5.82 Å². The van der Waals surface area contributed by atoms with Crippen LogP contribution in [-0.2, 0) is 0 Å². The molecule has 0 saturated heterocycles. The Balaban J connectivity index is 1.70. The standard InChI is InChI=1S/C21H17N3O4/c1-12(2)22-19(25)15-8-5-7-14(10-15)18-23-20(28-24-18)16-11-13-6-3-4-9-17(13)27-21(16)26/h3-12H,1-2H3,(H,22,25). The van der Waals surface area contributed by atoms with Crippen LogP contribution < -0.4 is 10.9 Å². The number of nitrogens with zero attached hydrogens (tertiary/aromatic N) is 2. The van der Waals surface area contributed by atoms with Crippen molar-refractivity contribution in [2.75, 3.05) is 0 Å². The van der Waals surface area contributed by atoms with Crippen LogP contribution in [-0.4, -0.2) is 22.1 Å². The molecule has 7 heteroatoms. The Bertz CT molecular complexity index is 1220. The van der Waals surface area contributed by atoms with E-state index in [1.54, 1.807) is 42.5 Å². The first-order chi connectivity index (χ1) is 13.5.